The minimum Gasteiger partial charge on any atom is -0.352 e. The van der Waals surface area contributed by atoms with Gasteiger partial charge in [0.15, 0.2) is 0 Å². The van der Waals surface area contributed by atoms with E-state index >= 15 is 0 Å². The minimum atomic E-state index is -0.209. The van der Waals surface area contributed by atoms with Crippen molar-refractivity contribution in [3.05, 3.63) is 47.2 Å². The highest BCUT2D eigenvalue weighted by molar-refractivity contribution is 7.99. The fourth-order valence-electron chi connectivity index (χ4n) is 3.18. The molecule has 148 valence electrons. The van der Waals surface area contributed by atoms with Crippen molar-refractivity contribution in [3.63, 3.8) is 0 Å². The molecule has 7 heteroatoms. The Hall–Kier alpha value is -2.54. The van der Waals surface area contributed by atoms with Gasteiger partial charge in [0.05, 0.1) is 5.69 Å². The molecule has 6 nitrogen and oxygen atoms in total. The fourth-order valence-corrected chi connectivity index (χ4v) is 4.27. The van der Waals surface area contributed by atoms with Gasteiger partial charge in [-0.25, -0.2) is 9.78 Å². The standard InChI is InChI=1S/C21H26N4O2S/c1-4-5-9-22-19(26)16-7-6-8-17(13-16)24-21(27)25-10-11-28-20-18(25)14(2)12-15(3)23-20/h6-8,12-13H,4-5,9-11H2,1-3H3,(H,22,26)(H,24,27). The maximum Gasteiger partial charge on any atom is 0.326 e. The summed E-state index contributed by atoms with van der Waals surface area (Å²) in [5.74, 6) is 0.677. The number of thioether (sulfide) groups is 1. The summed E-state index contributed by atoms with van der Waals surface area (Å²) in [4.78, 5) is 31.5. The monoisotopic (exact) mass is 398 g/mol. The van der Waals surface area contributed by atoms with Crippen molar-refractivity contribution >= 4 is 35.1 Å². The molecule has 1 aliphatic rings. The molecule has 0 aliphatic carbocycles. The molecule has 0 bridgehead atoms. The van der Waals surface area contributed by atoms with Gasteiger partial charge in [-0.3, -0.25) is 9.69 Å². The van der Waals surface area contributed by atoms with E-state index in [1.807, 2.05) is 19.9 Å². The average Bonchev–Trinajstić information content (AvgIpc) is 2.67. The number of benzene rings is 1. The largest absolute Gasteiger partial charge is 0.352 e. The van der Waals surface area contributed by atoms with Crippen LogP contribution in [0.4, 0.5) is 16.2 Å². The van der Waals surface area contributed by atoms with E-state index < -0.39 is 0 Å². The molecular weight excluding hydrogens is 372 g/mol. The van der Waals surface area contributed by atoms with Crippen molar-refractivity contribution in [3.8, 4) is 0 Å². The molecule has 0 radical (unpaired) electrons. The van der Waals surface area contributed by atoms with E-state index in [-0.39, 0.29) is 11.9 Å². The number of amides is 3. The topological polar surface area (TPSA) is 74.3 Å². The highest BCUT2D eigenvalue weighted by Crippen LogP contribution is 2.36. The molecule has 0 saturated heterocycles. The number of anilines is 2. The fraction of sp³-hybridized carbons (Fsp3) is 0.381. The van der Waals surface area contributed by atoms with Gasteiger partial charge in [0.1, 0.15) is 5.03 Å². The molecule has 3 amide bonds. The lowest BCUT2D eigenvalue weighted by atomic mass is 10.2. The van der Waals surface area contributed by atoms with Crippen LogP contribution in [-0.2, 0) is 0 Å². The first-order valence-electron chi connectivity index (χ1n) is 9.57. The molecule has 0 saturated carbocycles. The molecule has 28 heavy (non-hydrogen) atoms. The predicted octanol–water partition coefficient (Wildman–Crippen LogP) is 4.37. The average molecular weight is 399 g/mol. The Morgan fingerprint density at radius 1 is 1.25 bits per heavy atom. The molecule has 2 N–H and O–H groups in total. The van der Waals surface area contributed by atoms with Gasteiger partial charge in [0, 0.05) is 35.8 Å². The van der Waals surface area contributed by atoms with Gasteiger partial charge in [-0.2, -0.15) is 0 Å². The first kappa shape index (κ1) is 20.2. The van der Waals surface area contributed by atoms with Crippen LogP contribution in [0.1, 0.15) is 41.4 Å². The van der Waals surface area contributed by atoms with E-state index in [2.05, 4.69) is 22.5 Å². The van der Waals surface area contributed by atoms with Crippen LogP contribution in [0, 0.1) is 13.8 Å². The Bertz CT molecular complexity index is 885. The highest BCUT2D eigenvalue weighted by atomic mass is 32.2. The van der Waals surface area contributed by atoms with Crippen LogP contribution >= 0.6 is 11.8 Å². The van der Waals surface area contributed by atoms with E-state index in [0.29, 0.717) is 24.3 Å². The number of aromatic nitrogens is 1. The zero-order valence-electron chi connectivity index (χ0n) is 16.5. The molecule has 1 aliphatic heterocycles. The molecule has 3 rings (SSSR count). The molecule has 0 spiro atoms. The van der Waals surface area contributed by atoms with Gasteiger partial charge in [0.2, 0.25) is 0 Å². The number of unbranched alkanes of at least 4 members (excludes halogenated alkanes) is 1. The van der Waals surface area contributed by atoms with E-state index in [4.69, 9.17) is 0 Å². The molecule has 2 aromatic rings. The summed E-state index contributed by atoms with van der Waals surface area (Å²) in [6, 6.07) is 8.81. The number of aryl methyl sites for hydroxylation is 2. The van der Waals surface area contributed by atoms with Crippen LogP contribution in [0.15, 0.2) is 35.4 Å². The smallest absolute Gasteiger partial charge is 0.326 e. The third-order valence-corrected chi connectivity index (χ3v) is 5.48. The van der Waals surface area contributed by atoms with Gasteiger partial charge in [-0.15, -0.1) is 11.8 Å². The summed E-state index contributed by atoms with van der Waals surface area (Å²) < 4.78 is 0. The summed E-state index contributed by atoms with van der Waals surface area (Å²) in [5.41, 5.74) is 4.00. The summed E-state index contributed by atoms with van der Waals surface area (Å²) in [6.45, 7) is 7.31. The van der Waals surface area contributed by atoms with E-state index in [1.54, 1.807) is 40.9 Å². The zero-order valence-corrected chi connectivity index (χ0v) is 17.4. The lowest BCUT2D eigenvalue weighted by Crippen LogP contribution is -2.39. The third-order valence-electron chi connectivity index (χ3n) is 4.54. The number of rotatable bonds is 5. The van der Waals surface area contributed by atoms with Crippen molar-refractivity contribution in [2.45, 2.75) is 38.6 Å². The summed E-state index contributed by atoms with van der Waals surface area (Å²) >= 11 is 1.67. The molecule has 1 aromatic carbocycles. The Labute approximate surface area is 170 Å². The second kappa shape index (κ2) is 9.10. The first-order valence-corrected chi connectivity index (χ1v) is 10.6. The number of carbonyl (C=O) groups is 2. The maximum atomic E-state index is 12.9. The van der Waals surface area contributed by atoms with Crippen molar-refractivity contribution in [1.82, 2.24) is 10.3 Å². The Kier molecular flexibility index (Phi) is 6.57. The number of carbonyl (C=O) groups excluding carboxylic acids is 2. The van der Waals surface area contributed by atoms with Crippen LogP contribution in [0.2, 0.25) is 0 Å². The number of nitrogens with one attached hydrogen (secondary N) is 2. The Morgan fingerprint density at radius 2 is 2.07 bits per heavy atom. The molecule has 0 fully saturated rings. The van der Waals surface area contributed by atoms with E-state index in [9.17, 15) is 9.59 Å². The van der Waals surface area contributed by atoms with E-state index in [0.717, 1.165) is 40.6 Å². The second-order valence-corrected chi connectivity index (χ2v) is 7.94. The van der Waals surface area contributed by atoms with Crippen molar-refractivity contribution in [2.75, 3.05) is 29.1 Å². The number of urea groups is 1. The minimum absolute atomic E-state index is 0.125. The van der Waals surface area contributed by atoms with Crippen LogP contribution in [-0.4, -0.2) is 35.8 Å². The van der Waals surface area contributed by atoms with Crippen molar-refractivity contribution < 1.29 is 9.59 Å². The van der Waals surface area contributed by atoms with Crippen LogP contribution in [0.5, 0.6) is 0 Å². The second-order valence-electron chi connectivity index (χ2n) is 6.85. The van der Waals surface area contributed by atoms with Gasteiger partial charge < -0.3 is 10.6 Å². The predicted molar refractivity (Wildman–Crippen MR) is 114 cm³/mol. The van der Waals surface area contributed by atoms with Crippen molar-refractivity contribution in [2.24, 2.45) is 0 Å². The number of fused-ring (bicyclic) bond motifs is 1. The van der Waals surface area contributed by atoms with Gasteiger partial charge in [0.25, 0.3) is 5.91 Å². The number of pyridine rings is 1. The van der Waals surface area contributed by atoms with Crippen molar-refractivity contribution in [1.29, 1.82) is 0 Å². The SMILES string of the molecule is CCCCNC(=O)c1cccc(NC(=O)N2CCSc3nc(C)cc(C)c32)c1. The Balaban J connectivity index is 1.74. The van der Waals surface area contributed by atoms with Gasteiger partial charge in [-0.1, -0.05) is 19.4 Å². The van der Waals surface area contributed by atoms with Crippen LogP contribution in [0.3, 0.4) is 0 Å². The number of hydrogen-bond acceptors (Lipinski definition) is 4. The highest BCUT2D eigenvalue weighted by Gasteiger charge is 2.26. The maximum absolute atomic E-state index is 12.9. The summed E-state index contributed by atoms with van der Waals surface area (Å²) in [7, 11) is 0. The molecule has 1 aromatic heterocycles. The number of hydrogen-bond donors (Lipinski definition) is 2. The first-order chi connectivity index (χ1) is 13.5. The lowest BCUT2D eigenvalue weighted by molar-refractivity contribution is 0.0953. The quantitative estimate of drug-likeness (QED) is 0.734. The lowest BCUT2D eigenvalue weighted by Gasteiger charge is -2.30. The summed E-state index contributed by atoms with van der Waals surface area (Å²) in [5, 5.41) is 6.71. The summed E-state index contributed by atoms with van der Waals surface area (Å²) in [6.07, 6.45) is 1.97. The van der Waals surface area contributed by atoms with Crippen LogP contribution < -0.4 is 15.5 Å². The number of nitrogens with zero attached hydrogens (tertiary/aromatic N) is 2. The Morgan fingerprint density at radius 3 is 2.86 bits per heavy atom. The van der Waals surface area contributed by atoms with E-state index in [1.165, 1.54) is 0 Å². The molecule has 0 atom stereocenters. The van der Waals surface area contributed by atoms with Gasteiger partial charge in [-0.05, 0) is 50.1 Å². The van der Waals surface area contributed by atoms with Crippen LogP contribution in [0.25, 0.3) is 0 Å². The zero-order chi connectivity index (χ0) is 20.1. The molecular formula is C21H26N4O2S. The third kappa shape index (κ3) is 4.65. The van der Waals surface area contributed by atoms with Gasteiger partial charge >= 0.3 is 6.03 Å². The molecule has 2 heterocycles. The normalized spacial score (nSPS) is 13.0. The molecule has 0 unspecified atom stereocenters.